The van der Waals surface area contributed by atoms with E-state index in [-0.39, 0.29) is 17.8 Å². The molecule has 172 valence electrons. The SMILES string of the molecule is Cc1nn(-c2ccccn2)c2nc(C3CC3)cc(C(=O)N3CCCC3Cc3cccc(F)c3)c12. The van der Waals surface area contributed by atoms with Gasteiger partial charge in [0, 0.05) is 30.4 Å². The Kier molecular flexibility index (Phi) is 5.12. The second-order valence-corrected chi connectivity index (χ2v) is 9.38. The molecule has 0 bridgehead atoms. The zero-order valence-electron chi connectivity index (χ0n) is 19.1. The van der Waals surface area contributed by atoms with Gasteiger partial charge in [-0.2, -0.15) is 9.78 Å². The lowest BCUT2D eigenvalue weighted by atomic mass is 10.0. The number of hydrogen-bond acceptors (Lipinski definition) is 4. The molecule has 2 fully saturated rings. The quantitative estimate of drug-likeness (QED) is 0.425. The Hall–Kier alpha value is -3.61. The summed E-state index contributed by atoms with van der Waals surface area (Å²) in [6, 6.07) is 14.4. The van der Waals surface area contributed by atoms with E-state index in [4.69, 9.17) is 10.1 Å². The summed E-state index contributed by atoms with van der Waals surface area (Å²) >= 11 is 0. The first-order chi connectivity index (χ1) is 16.6. The second-order valence-electron chi connectivity index (χ2n) is 9.38. The van der Waals surface area contributed by atoms with Gasteiger partial charge in [-0.05, 0) is 74.9 Å². The summed E-state index contributed by atoms with van der Waals surface area (Å²) in [5.41, 5.74) is 3.98. The highest BCUT2D eigenvalue weighted by atomic mass is 19.1. The van der Waals surface area contributed by atoms with Crippen LogP contribution in [0.2, 0.25) is 0 Å². The number of aromatic nitrogens is 4. The molecule has 6 nitrogen and oxygen atoms in total. The fraction of sp³-hybridized carbons (Fsp3) is 0.333. The van der Waals surface area contributed by atoms with Crippen molar-refractivity contribution in [1.82, 2.24) is 24.6 Å². The van der Waals surface area contributed by atoms with Crippen LogP contribution < -0.4 is 0 Å². The summed E-state index contributed by atoms with van der Waals surface area (Å²) in [6.45, 7) is 2.63. The zero-order valence-corrected chi connectivity index (χ0v) is 19.1. The number of nitrogens with zero attached hydrogens (tertiary/aromatic N) is 5. The van der Waals surface area contributed by atoms with Gasteiger partial charge in [-0.1, -0.05) is 18.2 Å². The lowest BCUT2D eigenvalue weighted by Gasteiger charge is -2.25. The van der Waals surface area contributed by atoms with Gasteiger partial charge in [0.25, 0.3) is 5.91 Å². The molecule has 1 aliphatic carbocycles. The molecule has 3 aromatic heterocycles. The number of hydrogen-bond donors (Lipinski definition) is 0. The molecule has 1 atom stereocenters. The lowest BCUT2D eigenvalue weighted by molar-refractivity contribution is 0.0738. The van der Waals surface area contributed by atoms with E-state index in [1.54, 1.807) is 23.0 Å². The summed E-state index contributed by atoms with van der Waals surface area (Å²) in [4.78, 5) is 25.4. The van der Waals surface area contributed by atoms with E-state index in [2.05, 4.69) is 4.98 Å². The number of carbonyl (C=O) groups is 1. The molecule has 6 rings (SSSR count). The summed E-state index contributed by atoms with van der Waals surface area (Å²) in [7, 11) is 0. The molecule has 0 N–H and O–H groups in total. The van der Waals surface area contributed by atoms with Crippen LogP contribution in [0.15, 0.2) is 54.7 Å². The van der Waals surface area contributed by atoms with E-state index in [9.17, 15) is 9.18 Å². The minimum absolute atomic E-state index is 0.0110. The third kappa shape index (κ3) is 3.75. The molecule has 4 heterocycles. The first-order valence-electron chi connectivity index (χ1n) is 12.0. The van der Waals surface area contributed by atoms with E-state index in [1.165, 1.54) is 6.07 Å². The molecular weight excluding hydrogens is 429 g/mol. The number of amides is 1. The molecule has 0 spiro atoms. The Balaban J connectivity index is 1.42. The Bertz CT molecular complexity index is 1380. The van der Waals surface area contributed by atoms with Crippen LogP contribution >= 0.6 is 0 Å². The molecule has 2 aliphatic rings. The predicted octanol–water partition coefficient (Wildman–Crippen LogP) is 4.99. The van der Waals surface area contributed by atoms with Crippen molar-refractivity contribution >= 4 is 16.9 Å². The fourth-order valence-corrected chi connectivity index (χ4v) is 5.11. The van der Waals surface area contributed by atoms with Crippen LogP contribution in [0, 0.1) is 12.7 Å². The van der Waals surface area contributed by atoms with Gasteiger partial charge >= 0.3 is 0 Å². The molecule has 1 saturated heterocycles. The molecule has 1 aliphatic heterocycles. The van der Waals surface area contributed by atoms with Crippen LogP contribution in [0.4, 0.5) is 4.39 Å². The van der Waals surface area contributed by atoms with Gasteiger partial charge in [-0.25, -0.2) is 14.4 Å². The molecule has 7 heteroatoms. The first-order valence-corrected chi connectivity index (χ1v) is 12.0. The van der Waals surface area contributed by atoms with Crippen molar-refractivity contribution in [2.45, 2.75) is 51.0 Å². The number of pyridine rings is 2. The Morgan fingerprint density at radius 3 is 2.76 bits per heavy atom. The van der Waals surface area contributed by atoms with Crippen molar-refractivity contribution in [2.75, 3.05) is 6.54 Å². The van der Waals surface area contributed by atoms with Crippen molar-refractivity contribution in [2.24, 2.45) is 0 Å². The zero-order chi connectivity index (χ0) is 23.2. The smallest absolute Gasteiger partial charge is 0.254 e. The molecule has 1 saturated carbocycles. The van der Waals surface area contributed by atoms with Gasteiger partial charge in [0.05, 0.1) is 16.6 Å². The first kappa shape index (κ1) is 21.0. The summed E-state index contributed by atoms with van der Waals surface area (Å²) in [5, 5.41) is 5.51. The number of halogens is 1. The molecule has 0 radical (unpaired) electrons. The van der Waals surface area contributed by atoms with Gasteiger partial charge in [-0.3, -0.25) is 4.79 Å². The van der Waals surface area contributed by atoms with Crippen molar-refractivity contribution in [3.8, 4) is 5.82 Å². The maximum absolute atomic E-state index is 14.0. The largest absolute Gasteiger partial charge is 0.335 e. The Labute approximate surface area is 197 Å². The minimum atomic E-state index is -0.240. The van der Waals surface area contributed by atoms with Crippen molar-refractivity contribution in [3.63, 3.8) is 0 Å². The molecular formula is C27H26FN5O. The van der Waals surface area contributed by atoms with Crippen LogP contribution in [0.3, 0.4) is 0 Å². The highest BCUT2D eigenvalue weighted by Gasteiger charge is 2.34. The maximum Gasteiger partial charge on any atom is 0.254 e. The van der Waals surface area contributed by atoms with Crippen LogP contribution in [-0.4, -0.2) is 43.1 Å². The molecule has 34 heavy (non-hydrogen) atoms. The van der Waals surface area contributed by atoms with Crippen LogP contribution in [0.1, 0.15) is 58.9 Å². The van der Waals surface area contributed by atoms with E-state index < -0.39 is 0 Å². The minimum Gasteiger partial charge on any atom is -0.335 e. The third-order valence-electron chi connectivity index (χ3n) is 6.92. The Morgan fingerprint density at radius 2 is 2.00 bits per heavy atom. The molecule has 1 amide bonds. The van der Waals surface area contributed by atoms with Crippen LogP contribution in [0.5, 0.6) is 0 Å². The van der Waals surface area contributed by atoms with E-state index in [0.29, 0.717) is 35.9 Å². The lowest BCUT2D eigenvalue weighted by Crippen LogP contribution is -2.37. The van der Waals surface area contributed by atoms with Gasteiger partial charge in [0.2, 0.25) is 0 Å². The number of aryl methyl sites for hydroxylation is 1. The monoisotopic (exact) mass is 455 g/mol. The standard InChI is InChI=1S/C27H26FN5O/c1-17-25-22(27(34)32-13-5-8-21(32)15-18-6-4-7-20(28)14-18)16-23(19-10-11-19)30-26(25)33(31-17)24-9-2-3-12-29-24/h2-4,6-7,9,12,14,16,19,21H,5,8,10-11,13,15H2,1H3. The maximum atomic E-state index is 14.0. The summed E-state index contributed by atoms with van der Waals surface area (Å²) in [6.07, 6.45) is 6.43. The second kappa shape index (κ2) is 8.31. The van der Waals surface area contributed by atoms with E-state index in [0.717, 1.165) is 48.0 Å². The van der Waals surface area contributed by atoms with E-state index >= 15 is 0 Å². The van der Waals surface area contributed by atoms with Crippen molar-refractivity contribution in [1.29, 1.82) is 0 Å². The fourth-order valence-electron chi connectivity index (χ4n) is 5.11. The third-order valence-corrected chi connectivity index (χ3v) is 6.92. The van der Waals surface area contributed by atoms with Crippen molar-refractivity contribution in [3.05, 3.63) is 83.1 Å². The van der Waals surface area contributed by atoms with Gasteiger partial charge < -0.3 is 4.90 Å². The number of likely N-dealkylation sites (tertiary alicyclic amines) is 1. The highest BCUT2D eigenvalue weighted by molar-refractivity contribution is 6.07. The molecule has 4 aromatic rings. The number of fused-ring (bicyclic) bond motifs is 1. The Morgan fingerprint density at radius 1 is 1.12 bits per heavy atom. The summed E-state index contributed by atoms with van der Waals surface area (Å²) in [5.74, 6) is 0.849. The number of rotatable bonds is 5. The predicted molar refractivity (Wildman–Crippen MR) is 128 cm³/mol. The summed E-state index contributed by atoms with van der Waals surface area (Å²) < 4.78 is 15.5. The van der Waals surface area contributed by atoms with Gasteiger partial charge in [0.1, 0.15) is 5.82 Å². The van der Waals surface area contributed by atoms with E-state index in [1.807, 2.05) is 42.2 Å². The topological polar surface area (TPSA) is 63.9 Å². The average molecular weight is 456 g/mol. The molecule has 1 unspecified atom stereocenters. The van der Waals surface area contributed by atoms with Gasteiger partial charge in [0.15, 0.2) is 11.5 Å². The number of carbonyl (C=O) groups excluding carboxylic acids is 1. The molecule has 1 aromatic carbocycles. The average Bonchev–Trinajstić information content (AvgIpc) is 3.52. The highest BCUT2D eigenvalue weighted by Crippen LogP contribution is 2.41. The van der Waals surface area contributed by atoms with Crippen molar-refractivity contribution < 1.29 is 9.18 Å². The van der Waals surface area contributed by atoms with Crippen LogP contribution in [0.25, 0.3) is 16.9 Å². The van der Waals surface area contributed by atoms with Crippen LogP contribution in [-0.2, 0) is 6.42 Å². The van der Waals surface area contributed by atoms with Gasteiger partial charge in [-0.15, -0.1) is 0 Å². The normalized spacial score (nSPS) is 18.1. The number of benzene rings is 1.